The second-order valence-electron chi connectivity index (χ2n) is 12.6. The molecular weight excluding hydrogens is 407 g/mol. The molecule has 0 aromatic heterocycles. The van der Waals surface area contributed by atoms with Crippen molar-refractivity contribution in [3.63, 3.8) is 0 Å². The van der Waals surface area contributed by atoms with Gasteiger partial charge in [0.1, 0.15) is 0 Å². The number of hydrogen-bond donors (Lipinski definition) is 0. The zero-order valence-electron chi connectivity index (χ0n) is 20.9. The molecule has 0 saturated heterocycles. The largest absolute Gasteiger partial charge is 0.0833 e. The van der Waals surface area contributed by atoms with Gasteiger partial charge in [0.2, 0.25) is 0 Å². The molecule has 0 aliphatic heterocycles. The Balaban J connectivity index is 3.03. The SMILES string of the molecule is CC(C)(C)c1[c]c(-c2[c]c(C(C)(C)C)cc(C(C)(C)C)c2Cl)c(Cl)c(C(C)(C)C)c1. The van der Waals surface area contributed by atoms with Crippen LogP contribution in [0.5, 0.6) is 0 Å². The molecule has 0 nitrogen and oxygen atoms in total. The molecule has 2 radical (unpaired) electrons. The van der Waals surface area contributed by atoms with Gasteiger partial charge >= 0.3 is 0 Å². The first kappa shape index (κ1) is 25.3. The molecule has 0 aliphatic rings. The predicted molar refractivity (Wildman–Crippen MR) is 134 cm³/mol. The highest BCUT2D eigenvalue weighted by Crippen LogP contribution is 2.45. The lowest BCUT2D eigenvalue weighted by Crippen LogP contribution is -2.19. The van der Waals surface area contributed by atoms with Crippen LogP contribution in [0.1, 0.15) is 105 Å². The minimum Gasteiger partial charge on any atom is -0.0833 e. The Bertz CT molecular complexity index is 858. The van der Waals surface area contributed by atoms with Crippen molar-refractivity contribution in [1.82, 2.24) is 0 Å². The van der Waals surface area contributed by atoms with Gasteiger partial charge in [0.15, 0.2) is 0 Å². The molecule has 0 amide bonds. The van der Waals surface area contributed by atoms with Crippen molar-refractivity contribution in [1.29, 1.82) is 0 Å². The van der Waals surface area contributed by atoms with Gasteiger partial charge in [-0.25, -0.2) is 0 Å². The second-order valence-corrected chi connectivity index (χ2v) is 13.3. The minimum atomic E-state index is -0.0953. The average Bonchev–Trinajstić information content (AvgIpc) is 2.51. The summed E-state index contributed by atoms with van der Waals surface area (Å²) in [6.45, 7) is 26.4. The molecule has 0 fully saturated rings. The monoisotopic (exact) mass is 444 g/mol. The Kier molecular flexibility index (Phi) is 6.62. The number of rotatable bonds is 1. The van der Waals surface area contributed by atoms with E-state index >= 15 is 0 Å². The van der Waals surface area contributed by atoms with Gasteiger partial charge in [-0.15, -0.1) is 0 Å². The summed E-state index contributed by atoms with van der Waals surface area (Å²) < 4.78 is 0. The highest BCUT2D eigenvalue weighted by molar-refractivity contribution is 6.37. The van der Waals surface area contributed by atoms with E-state index in [2.05, 4.69) is 107 Å². The highest BCUT2D eigenvalue weighted by atomic mass is 35.5. The number of hydrogen-bond acceptors (Lipinski definition) is 0. The van der Waals surface area contributed by atoms with Crippen LogP contribution < -0.4 is 0 Å². The molecule has 2 aromatic rings. The molecular formula is C28H38Cl2. The summed E-state index contributed by atoms with van der Waals surface area (Å²) >= 11 is 14.1. The van der Waals surface area contributed by atoms with E-state index in [1.54, 1.807) is 0 Å². The first-order chi connectivity index (χ1) is 13.2. The second kappa shape index (κ2) is 7.86. The van der Waals surface area contributed by atoms with E-state index in [4.69, 9.17) is 23.2 Å². The summed E-state index contributed by atoms with van der Waals surface area (Å²) in [4.78, 5) is 0. The maximum atomic E-state index is 7.05. The smallest absolute Gasteiger partial charge is 0.0528 e. The zero-order valence-corrected chi connectivity index (χ0v) is 22.4. The molecule has 164 valence electrons. The molecule has 0 spiro atoms. The van der Waals surface area contributed by atoms with Crippen molar-refractivity contribution in [2.24, 2.45) is 0 Å². The average molecular weight is 446 g/mol. The van der Waals surface area contributed by atoms with Gasteiger partial charge in [-0.1, -0.05) is 118 Å². The van der Waals surface area contributed by atoms with Crippen molar-refractivity contribution in [2.75, 3.05) is 0 Å². The molecule has 0 N–H and O–H groups in total. The third kappa shape index (κ3) is 5.25. The molecule has 2 heteroatoms. The van der Waals surface area contributed by atoms with Gasteiger partial charge in [0.25, 0.3) is 0 Å². The molecule has 0 saturated carbocycles. The summed E-state index contributed by atoms with van der Waals surface area (Å²) in [5.41, 5.74) is 5.91. The Morgan fingerprint density at radius 1 is 0.500 bits per heavy atom. The van der Waals surface area contributed by atoms with E-state index in [-0.39, 0.29) is 21.7 Å². The van der Waals surface area contributed by atoms with Crippen LogP contribution in [0.25, 0.3) is 11.1 Å². The van der Waals surface area contributed by atoms with Crippen LogP contribution in [-0.2, 0) is 21.7 Å². The molecule has 2 aromatic carbocycles. The van der Waals surface area contributed by atoms with E-state index in [0.717, 1.165) is 43.4 Å². The highest BCUT2D eigenvalue weighted by Gasteiger charge is 2.29. The van der Waals surface area contributed by atoms with E-state index < -0.39 is 0 Å². The van der Waals surface area contributed by atoms with E-state index in [1.165, 1.54) is 0 Å². The Labute approximate surface area is 195 Å². The van der Waals surface area contributed by atoms with Crippen LogP contribution in [0.15, 0.2) is 12.1 Å². The third-order valence-corrected chi connectivity index (χ3v) is 6.28. The lowest BCUT2D eigenvalue weighted by atomic mass is 9.76. The van der Waals surface area contributed by atoms with Crippen molar-refractivity contribution in [3.8, 4) is 11.1 Å². The standard InChI is InChI=1S/C28H38Cl2/c1-25(2,3)17-13-19(23(29)21(15-17)27(7,8)9)20-14-18(26(4,5)6)16-22(24(20)30)28(10,11)12/h15-16H,1-12H3. The van der Waals surface area contributed by atoms with Crippen molar-refractivity contribution < 1.29 is 0 Å². The lowest BCUT2D eigenvalue weighted by Gasteiger charge is -2.30. The van der Waals surface area contributed by atoms with Crippen LogP contribution in [0, 0.1) is 12.1 Å². The van der Waals surface area contributed by atoms with Gasteiger partial charge in [-0.2, -0.15) is 0 Å². The predicted octanol–water partition coefficient (Wildman–Crippen LogP) is 9.45. The van der Waals surface area contributed by atoms with E-state index in [1.807, 2.05) is 0 Å². The normalized spacial score (nSPS) is 13.7. The Morgan fingerprint density at radius 3 is 0.967 bits per heavy atom. The summed E-state index contributed by atoms with van der Waals surface area (Å²) in [6.07, 6.45) is 0. The fourth-order valence-corrected chi connectivity index (χ4v) is 4.34. The Morgan fingerprint density at radius 2 is 0.767 bits per heavy atom. The van der Waals surface area contributed by atoms with Gasteiger partial charge < -0.3 is 0 Å². The fourth-order valence-electron chi connectivity index (χ4n) is 3.38. The number of benzene rings is 2. The first-order valence-corrected chi connectivity index (χ1v) is 11.5. The van der Waals surface area contributed by atoms with Crippen molar-refractivity contribution >= 4 is 23.2 Å². The first-order valence-electron chi connectivity index (χ1n) is 10.8. The maximum Gasteiger partial charge on any atom is 0.0528 e. The van der Waals surface area contributed by atoms with Gasteiger partial charge in [-0.05, 0) is 56.0 Å². The molecule has 0 heterocycles. The topological polar surface area (TPSA) is 0 Å². The van der Waals surface area contributed by atoms with Crippen LogP contribution in [0.4, 0.5) is 0 Å². The summed E-state index contributed by atoms with van der Waals surface area (Å²) in [7, 11) is 0. The van der Waals surface area contributed by atoms with Crippen LogP contribution in [-0.4, -0.2) is 0 Å². The summed E-state index contributed by atoms with van der Waals surface area (Å²) in [5, 5.41) is 1.44. The molecule has 2 rings (SSSR count). The van der Waals surface area contributed by atoms with Crippen LogP contribution in [0.3, 0.4) is 0 Å². The summed E-state index contributed by atoms with van der Waals surface area (Å²) in [6, 6.07) is 11.7. The Hall–Kier alpha value is -0.980. The third-order valence-electron chi connectivity index (χ3n) is 5.49. The van der Waals surface area contributed by atoms with Crippen LogP contribution >= 0.6 is 23.2 Å². The van der Waals surface area contributed by atoms with Crippen molar-refractivity contribution in [3.05, 3.63) is 56.6 Å². The molecule has 0 atom stereocenters. The summed E-state index contributed by atoms with van der Waals surface area (Å²) in [5.74, 6) is 0. The minimum absolute atomic E-state index is 0.0552. The number of halogens is 2. The van der Waals surface area contributed by atoms with E-state index in [0.29, 0.717) is 0 Å². The molecule has 0 unspecified atom stereocenters. The van der Waals surface area contributed by atoms with E-state index in [9.17, 15) is 0 Å². The van der Waals surface area contributed by atoms with Crippen LogP contribution in [0.2, 0.25) is 10.0 Å². The quantitative estimate of drug-likeness (QED) is 0.410. The molecule has 0 bridgehead atoms. The lowest BCUT2D eigenvalue weighted by molar-refractivity contribution is 0.566. The molecule has 30 heavy (non-hydrogen) atoms. The zero-order chi connectivity index (χ0) is 23.4. The van der Waals surface area contributed by atoms with Gasteiger partial charge in [-0.3, -0.25) is 0 Å². The van der Waals surface area contributed by atoms with Crippen molar-refractivity contribution in [2.45, 2.75) is 105 Å². The molecule has 0 aliphatic carbocycles. The maximum absolute atomic E-state index is 7.05. The van der Waals surface area contributed by atoms with Gasteiger partial charge in [0, 0.05) is 11.1 Å². The fraction of sp³-hybridized carbons (Fsp3) is 0.571. The van der Waals surface area contributed by atoms with Gasteiger partial charge in [0.05, 0.1) is 10.0 Å².